The number of rotatable bonds is 2. The van der Waals surface area contributed by atoms with Crippen LogP contribution in [-0.4, -0.2) is 15.0 Å². The first kappa shape index (κ1) is 10.5. The van der Waals surface area contributed by atoms with Crippen molar-refractivity contribution in [3.8, 4) is 0 Å². The summed E-state index contributed by atoms with van der Waals surface area (Å²) in [7, 11) is 0. The van der Waals surface area contributed by atoms with Crippen molar-refractivity contribution in [3.63, 3.8) is 0 Å². The van der Waals surface area contributed by atoms with Gasteiger partial charge in [-0.1, -0.05) is 0 Å². The number of hydrogen-bond donors (Lipinski definition) is 1. The van der Waals surface area contributed by atoms with E-state index in [4.69, 9.17) is 0 Å². The van der Waals surface area contributed by atoms with Crippen molar-refractivity contribution in [2.45, 2.75) is 13.8 Å². The maximum absolute atomic E-state index is 4.30. The number of aromatic nitrogens is 3. The minimum Gasteiger partial charge on any atom is -0.315 e. The van der Waals surface area contributed by atoms with Gasteiger partial charge in [0.15, 0.2) is 5.13 Å². The van der Waals surface area contributed by atoms with E-state index in [0.717, 1.165) is 26.9 Å². The van der Waals surface area contributed by atoms with Crippen LogP contribution in [-0.2, 0) is 0 Å². The predicted octanol–water partition coefficient (Wildman–Crippen LogP) is 3.06. The Morgan fingerprint density at radius 3 is 2.80 bits per heavy atom. The molecule has 2 aromatic heterocycles. The zero-order valence-corrected chi connectivity index (χ0v) is 10.7. The quantitative estimate of drug-likeness (QED) is 0.921. The van der Waals surface area contributed by atoms with E-state index in [1.807, 2.05) is 19.2 Å². The second-order valence-electron chi connectivity index (χ2n) is 3.03. The summed E-state index contributed by atoms with van der Waals surface area (Å²) in [6, 6.07) is 0. The van der Waals surface area contributed by atoms with Crippen molar-refractivity contribution in [2.24, 2.45) is 0 Å². The van der Waals surface area contributed by atoms with Gasteiger partial charge in [0.2, 0.25) is 0 Å². The lowest BCUT2D eigenvalue weighted by molar-refractivity contribution is 1.04. The number of halogens is 1. The van der Waals surface area contributed by atoms with Crippen LogP contribution in [0.5, 0.6) is 0 Å². The van der Waals surface area contributed by atoms with Crippen LogP contribution in [0, 0.1) is 13.8 Å². The van der Waals surface area contributed by atoms with Gasteiger partial charge in [-0.15, -0.1) is 11.3 Å². The molecule has 15 heavy (non-hydrogen) atoms. The lowest BCUT2D eigenvalue weighted by atomic mass is 10.5. The normalized spacial score (nSPS) is 10.3. The van der Waals surface area contributed by atoms with E-state index in [0.29, 0.717) is 0 Å². The highest BCUT2D eigenvalue weighted by Gasteiger charge is 2.05. The smallest absolute Gasteiger partial charge is 0.188 e. The summed E-state index contributed by atoms with van der Waals surface area (Å²) in [4.78, 5) is 12.6. The molecule has 0 aliphatic rings. The number of nitrogens with zero attached hydrogens (tertiary/aromatic N) is 3. The Hall–Kier alpha value is -1.01. The molecule has 4 nitrogen and oxygen atoms in total. The van der Waals surface area contributed by atoms with Crippen molar-refractivity contribution in [1.29, 1.82) is 0 Å². The summed E-state index contributed by atoms with van der Waals surface area (Å²) < 4.78 is 0.834. The number of thiazole rings is 1. The highest BCUT2D eigenvalue weighted by atomic mass is 79.9. The molecular formula is C9H9BrN4S. The third-order valence-electron chi connectivity index (χ3n) is 1.71. The second kappa shape index (κ2) is 4.24. The molecule has 0 saturated carbocycles. The molecule has 0 fully saturated rings. The molecule has 2 aromatic rings. The van der Waals surface area contributed by atoms with Crippen molar-refractivity contribution in [2.75, 3.05) is 5.32 Å². The summed E-state index contributed by atoms with van der Waals surface area (Å²) >= 11 is 4.94. The number of hydrogen-bond acceptors (Lipinski definition) is 5. The molecule has 0 aromatic carbocycles. The van der Waals surface area contributed by atoms with Crippen LogP contribution < -0.4 is 5.32 Å². The Labute approximate surface area is 99.9 Å². The summed E-state index contributed by atoms with van der Waals surface area (Å²) in [5, 5.41) is 5.97. The highest BCUT2D eigenvalue weighted by molar-refractivity contribution is 9.10. The Balaban J connectivity index is 2.27. The van der Waals surface area contributed by atoms with Crippen molar-refractivity contribution in [1.82, 2.24) is 15.0 Å². The molecule has 0 bridgehead atoms. The van der Waals surface area contributed by atoms with Gasteiger partial charge in [-0.3, -0.25) is 0 Å². The number of anilines is 2. The second-order valence-corrected chi connectivity index (χ2v) is 4.75. The topological polar surface area (TPSA) is 50.7 Å². The zero-order chi connectivity index (χ0) is 10.8. The first-order chi connectivity index (χ1) is 7.15. The van der Waals surface area contributed by atoms with Gasteiger partial charge >= 0.3 is 0 Å². The van der Waals surface area contributed by atoms with E-state index >= 15 is 0 Å². The Kier molecular flexibility index (Phi) is 2.97. The van der Waals surface area contributed by atoms with Crippen LogP contribution >= 0.6 is 27.3 Å². The molecule has 0 aliphatic carbocycles. The summed E-state index contributed by atoms with van der Waals surface area (Å²) in [5.41, 5.74) is 1.00. The van der Waals surface area contributed by atoms with Gasteiger partial charge in [0, 0.05) is 11.6 Å². The van der Waals surface area contributed by atoms with Crippen molar-refractivity contribution in [3.05, 3.63) is 27.6 Å². The minimum atomic E-state index is 0.731. The monoisotopic (exact) mass is 284 g/mol. The predicted molar refractivity (Wildman–Crippen MR) is 64.6 cm³/mol. The average molecular weight is 285 g/mol. The van der Waals surface area contributed by atoms with E-state index in [1.165, 1.54) is 0 Å². The van der Waals surface area contributed by atoms with Crippen molar-refractivity contribution >= 4 is 38.2 Å². The van der Waals surface area contributed by atoms with Gasteiger partial charge in [0.25, 0.3) is 0 Å². The van der Waals surface area contributed by atoms with Crippen LogP contribution in [0.3, 0.4) is 0 Å². The van der Waals surface area contributed by atoms with Crippen LogP contribution in [0.2, 0.25) is 0 Å². The van der Waals surface area contributed by atoms with Gasteiger partial charge < -0.3 is 5.32 Å². The van der Waals surface area contributed by atoms with Crippen LogP contribution in [0.15, 0.2) is 16.0 Å². The third kappa shape index (κ3) is 2.51. The molecule has 0 atom stereocenters. The van der Waals surface area contributed by atoms with Gasteiger partial charge in [-0.05, 0) is 29.8 Å². The van der Waals surface area contributed by atoms with Gasteiger partial charge in [-0.25, -0.2) is 15.0 Å². The fourth-order valence-corrected chi connectivity index (χ4v) is 2.03. The molecule has 6 heteroatoms. The standard InChI is InChI=1S/C9H9BrN4S/c1-5-4-15-9(12-5)14-8-7(10)3-11-6(2)13-8/h3-4H,1-2H3,(H,11,12,13,14). The van der Waals surface area contributed by atoms with Crippen LogP contribution in [0.25, 0.3) is 0 Å². The van der Waals surface area contributed by atoms with E-state index in [9.17, 15) is 0 Å². The molecule has 0 aliphatic heterocycles. The third-order valence-corrected chi connectivity index (χ3v) is 3.16. The lowest BCUT2D eigenvalue weighted by Crippen LogP contribution is -1.97. The maximum atomic E-state index is 4.30. The molecular weight excluding hydrogens is 276 g/mol. The van der Waals surface area contributed by atoms with E-state index in [1.54, 1.807) is 17.5 Å². The van der Waals surface area contributed by atoms with Gasteiger partial charge in [0.1, 0.15) is 11.6 Å². The Morgan fingerprint density at radius 2 is 2.13 bits per heavy atom. The van der Waals surface area contributed by atoms with Crippen LogP contribution in [0.4, 0.5) is 10.9 Å². The minimum absolute atomic E-state index is 0.731. The fourth-order valence-electron chi connectivity index (χ4n) is 1.06. The SMILES string of the molecule is Cc1csc(Nc2nc(C)ncc2Br)n1. The summed E-state index contributed by atoms with van der Waals surface area (Å²) in [5.74, 6) is 1.48. The average Bonchev–Trinajstić information content (AvgIpc) is 2.58. The van der Waals surface area contributed by atoms with E-state index in [2.05, 4.69) is 36.2 Å². The number of nitrogens with one attached hydrogen (secondary N) is 1. The first-order valence-corrected chi connectivity index (χ1v) is 6.01. The van der Waals surface area contributed by atoms with E-state index in [-0.39, 0.29) is 0 Å². The van der Waals surface area contributed by atoms with Gasteiger partial charge in [-0.2, -0.15) is 0 Å². The molecule has 2 rings (SSSR count). The van der Waals surface area contributed by atoms with Crippen LogP contribution in [0.1, 0.15) is 11.5 Å². The fraction of sp³-hybridized carbons (Fsp3) is 0.222. The van der Waals surface area contributed by atoms with Crippen molar-refractivity contribution < 1.29 is 0 Å². The molecule has 1 N–H and O–H groups in total. The maximum Gasteiger partial charge on any atom is 0.188 e. The number of aryl methyl sites for hydroxylation is 2. The molecule has 0 spiro atoms. The Morgan fingerprint density at radius 1 is 1.33 bits per heavy atom. The molecule has 0 saturated heterocycles. The highest BCUT2D eigenvalue weighted by Crippen LogP contribution is 2.24. The largest absolute Gasteiger partial charge is 0.315 e. The Bertz CT molecular complexity index is 483. The summed E-state index contributed by atoms with van der Waals surface area (Å²) in [6.07, 6.45) is 1.73. The van der Waals surface area contributed by atoms with E-state index < -0.39 is 0 Å². The molecule has 78 valence electrons. The molecule has 0 radical (unpaired) electrons. The molecule has 0 amide bonds. The summed E-state index contributed by atoms with van der Waals surface area (Å²) in [6.45, 7) is 3.81. The molecule has 2 heterocycles. The lowest BCUT2D eigenvalue weighted by Gasteiger charge is -2.04. The van der Waals surface area contributed by atoms with Gasteiger partial charge in [0.05, 0.1) is 10.2 Å². The first-order valence-electron chi connectivity index (χ1n) is 4.33. The zero-order valence-electron chi connectivity index (χ0n) is 8.28. The molecule has 0 unspecified atom stereocenters.